The maximum Gasteiger partial charge on any atom is 0.321 e. The van der Waals surface area contributed by atoms with E-state index in [0.717, 1.165) is 49.4 Å². The zero-order valence-electron chi connectivity index (χ0n) is 14.7. The van der Waals surface area contributed by atoms with Crippen molar-refractivity contribution in [3.8, 4) is 0 Å². The van der Waals surface area contributed by atoms with Crippen molar-refractivity contribution in [3.05, 3.63) is 47.3 Å². The van der Waals surface area contributed by atoms with Crippen molar-refractivity contribution >= 4 is 11.7 Å². The number of likely N-dealkylation sites (tertiary alicyclic amines) is 1. The van der Waals surface area contributed by atoms with E-state index in [4.69, 9.17) is 0 Å². The van der Waals surface area contributed by atoms with Gasteiger partial charge in [-0.2, -0.15) is 5.10 Å². The summed E-state index contributed by atoms with van der Waals surface area (Å²) in [5.41, 5.74) is 4.02. The van der Waals surface area contributed by atoms with E-state index in [-0.39, 0.29) is 11.4 Å². The molecule has 2 aromatic rings. The molecule has 1 aliphatic rings. The minimum atomic E-state index is -0.0279. The number of urea groups is 1. The molecule has 3 rings (SSSR count). The molecule has 0 aliphatic carbocycles. The molecule has 24 heavy (non-hydrogen) atoms. The van der Waals surface area contributed by atoms with Gasteiger partial charge < -0.3 is 10.2 Å². The SMILES string of the molecule is Cc1n[nH]c(C)c1NC(=O)N1CCCC(C)(c2ccccc2)CC1. The van der Waals surface area contributed by atoms with Crippen LogP contribution in [0.5, 0.6) is 0 Å². The number of aryl methyl sites for hydroxylation is 2. The summed E-state index contributed by atoms with van der Waals surface area (Å²) in [6.07, 6.45) is 3.10. The molecule has 1 saturated heterocycles. The lowest BCUT2D eigenvalue weighted by Crippen LogP contribution is -2.36. The molecule has 2 N–H and O–H groups in total. The number of carbonyl (C=O) groups is 1. The van der Waals surface area contributed by atoms with E-state index in [0.29, 0.717) is 0 Å². The summed E-state index contributed by atoms with van der Waals surface area (Å²) in [6, 6.07) is 10.6. The Balaban J connectivity index is 1.68. The van der Waals surface area contributed by atoms with Gasteiger partial charge in [0.25, 0.3) is 0 Å². The first kappa shape index (κ1) is 16.6. The van der Waals surface area contributed by atoms with Gasteiger partial charge in [0, 0.05) is 13.1 Å². The minimum Gasteiger partial charge on any atom is -0.325 e. The fraction of sp³-hybridized carbons (Fsp3) is 0.474. The molecule has 1 unspecified atom stereocenters. The van der Waals surface area contributed by atoms with Crippen LogP contribution in [-0.4, -0.2) is 34.2 Å². The summed E-state index contributed by atoms with van der Waals surface area (Å²) in [7, 11) is 0. The molecular formula is C19H26N4O. The Morgan fingerprint density at radius 2 is 1.96 bits per heavy atom. The number of hydrogen-bond acceptors (Lipinski definition) is 2. The van der Waals surface area contributed by atoms with Crippen molar-refractivity contribution in [2.45, 2.75) is 45.4 Å². The van der Waals surface area contributed by atoms with Crippen LogP contribution in [0.25, 0.3) is 0 Å². The second kappa shape index (κ2) is 6.67. The summed E-state index contributed by atoms with van der Waals surface area (Å²) in [5, 5.41) is 10.1. The maximum atomic E-state index is 12.6. The van der Waals surface area contributed by atoms with Crippen LogP contribution in [0.2, 0.25) is 0 Å². The van der Waals surface area contributed by atoms with Gasteiger partial charge in [-0.25, -0.2) is 4.79 Å². The Labute approximate surface area is 143 Å². The van der Waals surface area contributed by atoms with Crippen LogP contribution in [-0.2, 0) is 5.41 Å². The number of nitrogens with one attached hydrogen (secondary N) is 2. The number of aromatic amines is 1. The van der Waals surface area contributed by atoms with Crippen LogP contribution in [0, 0.1) is 13.8 Å². The fourth-order valence-electron chi connectivity index (χ4n) is 3.53. The largest absolute Gasteiger partial charge is 0.325 e. The molecule has 5 heteroatoms. The molecule has 0 spiro atoms. The first-order chi connectivity index (χ1) is 11.5. The molecule has 0 radical (unpaired) electrons. The van der Waals surface area contributed by atoms with Gasteiger partial charge in [0.2, 0.25) is 0 Å². The molecule has 5 nitrogen and oxygen atoms in total. The number of anilines is 1. The maximum absolute atomic E-state index is 12.6. The average molecular weight is 326 g/mol. The fourth-order valence-corrected chi connectivity index (χ4v) is 3.53. The molecule has 1 aliphatic heterocycles. The monoisotopic (exact) mass is 326 g/mol. The van der Waals surface area contributed by atoms with Crippen molar-refractivity contribution in [1.29, 1.82) is 0 Å². The molecular weight excluding hydrogens is 300 g/mol. The summed E-state index contributed by atoms with van der Waals surface area (Å²) < 4.78 is 0. The summed E-state index contributed by atoms with van der Waals surface area (Å²) in [4.78, 5) is 14.6. The average Bonchev–Trinajstić information content (AvgIpc) is 2.79. The highest BCUT2D eigenvalue weighted by Gasteiger charge is 2.31. The van der Waals surface area contributed by atoms with Crippen LogP contribution < -0.4 is 5.32 Å². The second-order valence-corrected chi connectivity index (χ2v) is 7.01. The zero-order chi connectivity index (χ0) is 17.2. The quantitative estimate of drug-likeness (QED) is 0.876. The predicted molar refractivity (Wildman–Crippen MR) is 96.3 cm³/mol. The zero-order valence-corrected chi connectivity index (χ0v) is 14.7. The number of benzene rings is 1. The Hall–Kier alpha value is -2.30. The Morgan fingerprint density at radius 1 is 1.21 bits per heavy atom. The Kier molecular flexibility index (Phi) is 4.60. The van der Waals surface area contributed by atoms with E-state index in [1.54, 1.807) is 0 Å². The van der Waals surface area contributed by atoms with Crippen LogP contribution >= 0.6 is 0 Å². The number of rotatable bonds is 2. The number of aromatic nitrogens is 2. The van der Waals surface area contributed by atoms with E-state index in [9.17, 15) is 4.79 Å². The van der Waals surface area contributed by atoms with Crippen molar-refractivity contribution in [2.75, 3.05) is 18.4 Å². The number of hydrogen-bond donors (Lipinski definition) is 2. The molecule has 0 bridgehead atoms. The highest BCUT2D eigenvalue weighted by Crippen LogP contribution is 2.35. The molecule has 0 saturated carbocycles. The highest BCUT2D eigenvalue weighted by atomic mass is 16.2. The van der Waals surface area contributed by atoms with Gasteiger partial charge in [0.05, 0.1) is 17.1 Å². The molecule has 128 valence electrons. The summed E-state index contributed by atoms with van der Waals surface area (Å²) in [5.74, 6) is 0. The van der Waals surface area contributed by atoms with Gasteiger partial charge in [0.15, 0.2) is 0 Å². The number of H-pyrrole nitrogens is 1. The standard InChI is InChI=1S/C19H26N4O/c1-14-17(15(2)22-21-14)20-18(24)23-12-7-10-19(3,11-13-23)16-8-5-4-6-9-16/h4-6,8-9H,7,10-13H2,1-3H3,(H,20,24)(H,21,22). The van der Waals surface area contributed by atoms with Crippen molar-refractivity contribution in [1.82, 2.24) is 15.1 Å². The summed E-state index contributed by atoms with van der Waals surface area (Å²) in [6.45, 7) is 7.70. The van der Waals surface area contributed by atoms with Gasteiger partial charge >= 0.3 is 6.03 Å². The van der Waals surface area contributed by atoms with E-state index in [1.807, 2.05) is 18.7 Å². The third-order valence-corrected chi connectivity index (χ3v) is 5.21. The number of amides is 2. The molecule has 1 aromatic carbocycles. The first-order valence-electron chi connectivity index (χ1n) is 8.63. The molecule has 2 heterocycles. The third kappa shape index (κ3) is 3.30. The minimum absolute atomic E-state index is 0.0279. The lowest BCUT2D eigenvalue weighted by molar-refractivity contribution is 0.212. The molecule has 1 fully saturated rings. The Morgan fingerprint density at radius 3 is 2.62 bits per heavy atom. The molecule has 1 aromatic heterocycles. The molecule has 2 amide bonds. The topological polar surface area (TPSA) is 61.0 Å². The van der Waals surface area contributed by atoms with Gasteiger partial charge in [-0.15, -0.1) is 0 Å². The second-order valence-electron chi connectivity index (χ2n) is 7.01. The van der Waals surface area contributed by atoms with Crippen LogP contribution in [0.15, 0.2) is 30.3 Å². The van der Waals surface area contributed by atoms with Crippen LogP contribution in [0.4, 0.5) is 10.5 Å². The third-order valence-electron chi connectivity index (χ3n) is 5.21. The lowest BCUT2D eigenvalue weighted by Gasteiger charge is -2.29. The van der Waals surface area contributed by atoms with Crippen LogP contribution in [0.1, 0.15) is 43.1 Å². The first-order valence-corrected chi connectivity index (χ1v) is 8.63. The molecule has 1 atom stereocenters. The predicted octanol–water partition coefficient (Wildman–Crippen LogP) is 4.00. The van der Waals surface area contributed by atoms with Crippen LogP contribution in [0.3, 0.4) is 0 Å². The van der Waals surface area contributed by atoms with Gasteiger partial charge in [-0.3, -0.25) is 5.10 Å². The van der Waals surface area contributed by atoms with Gasteiger partial charge in [-0.05, 0) is 44.1 Å². The lowest BCUT2D eigenvalue weighted by atomic mass is 9.76. The van der Waals surface area contributed by atoms with Gasteiger partial charge in [0.1, 0.15) is 0 Å². The van der Waals surface area contributed by atoms with Crippen molar-refractivity contribution < 1.29 is 4.79 Å². The highest BCUT2D eigenvalue weighted by molar-refractivity contribution is 5.90. The van der Waals surface area contributed by atoms with Crippen molar-refractivity contribution in [3.63, 3.8) is 0 Å². The van der Waals surface area contributed by atoms with E-state index >= 15 is 0 Å². The summed E-state index contributed by atoms with van der Waals surface area (Å²) >= 11 is 0. The van der Waals surface area contributed by atoms with E-state index in [1.165, 1.54) is 5.56 Å². The van der Waals surface area contributed by atoms with Crippen molar-refractivity contribution in [2.24, 2.45) is 0 Å². The number of nitrogens with zero attached hydrogens (tertiary/aromatic N) is 2. The Bertz CT molecular complexity index is 690. The smallest absolute Gasteiger partial charge is 0.321 e. The van der Waals surface area contributed by atoms with E-state index in [2.05, 4.69) is 52.8 Å². The normalized spacial score (nSPS) is 21.4. The van der Waals surface area contributed by atoms with E-state index < -0.39 is 0 Å². The van der Waals surface area contributed by atoms with Gasteiger partial charge in [-0.1, -0.05) is 37.3 Å². The number of carbonyl (C=O) groups excluding carboxylic acids is 1.